The number of ether oxygens (including phenoxy) is 1. The van der Waals surface area contributed by atoms with Crippen molar-refractivity contribution in [2.45, 2.75) is 13.5 Å². The second-order valence-electron chi connectivity index (χ2n) is 4.93. The fourth-order valence-corrected chi connectivity index (χ4v) is 3.13. The van der Waals surface area contributed by atoms with Crippen LogP contribution in [0.1, 0.15) is 12.5 Å². The average molecular weight is 266 g/mol. The molecule has 2 heterocycles. The van der Waals surface area contributed by atoms with Gasteiger partial charge in [-0.15, -0.1) is 0 Å². The largest absolute Gasteiger partial charge is 0.486 e. The SMILES string of the molecule is CCn1c2ccccc2c2c3c(ccc21)/C(=N/O)CO3. The Bertz CT molecular complexity index is 862. The van der Waals surface area contributed by atoms with Crippen LogP contribution in [0.5, 0.6) is 5.75 Å². The summed E-state index contributed by atoms with van der Waals surface area (Å²) in [4.78, 5) is 0. The maximum atomic E-state index is 9.05. The van der Waals surface area contributed by atoms with Gasteiger partial charge in [-0.25, -0.2) is 0 Å². The quantitative estimate of drug-likeness (QED) is 0.542. The molecular formula is C16H14N2O2. The summed E-state index contributed by atoms with van der Waals surface area (Å²) in [6.07, 6.45) is 0. The fraction of sp³-hybridized carbons (Fsp3) is 0.188. The Kier molecular flexibility index (Phi) is 2.27. The Hall–Kier alpha value is -2.49. The van der Waals surface area contributed by atoms with Gasteiger partial charge < -0.3 is 14.5 Å². The normalized spacial score (nSPS) is 15.9. The van der Waals surface area contributed by atoms with Gasteiger partial charge in [0.05, 0.1) is 10.9 Å². The van der Waals surface area contributed by atoms with Crippen molar-refractivity contribution in [3.63, 3.8) is 0 Å². The monoisotopic (exact) mass is 266 g/mol. The Labute approximate surface area is 115 Å². The lowest BCUT2D eigenvalue weighted by Crippen LogP contribution is -2.01. The van der Waals surface area contributed by atoms with E-state index >= 15 is 0 Å². The number of para-hydroxylation sites is 1. The molecule has 0 spiro atoms. The summed E-state index contributed by atoms with van der Waals surface area (Å²) in [7, 11) is 0. The van der Waals surface area contributed by atoms with E-state index in [-0.39, 0.29) is 0 Å². The lowest BCUT2D eigenvalue weighted by atomic mass is 10.1. The number of fused-ring (bicyclic) bond motifs is 5. The van der Waals surface area contributed by atoms with Crippen molar-refractivity contribution >= 4 is 27.5 Å². The Morgan fingerprint density at radius 2 is 2.05 bits per heavy atom. The molecule has 0 bridgehead atoms. The maximum absolute atomic E-state index is 9.05. The number of aromatic nitrogens is 1. The van der Waals surface area contributed by atoms with Gasteiger partial charge in [-0.05, 0) is 25.1 Å². The summed E-state index contributed by atoms with van der Waals surface area (Å²) >= 11 is 0. The lowest BCUT2D eigenvalue weighted by Gasteiger charge is -2.04. The zero-order valence-corrected chi connectivity index (χ0v) is 11.1. The highest BCUT2D eigenvalue weighted by molar-refractivity contribution is 6.18. The first-order valence-corrected chi connectivity index (χ1v) is 6.73. The number of rotatable bonds is 1. The first kappa shape index (κ1) is 11.3. The molecule has 0 unspecified atom stereocenters. The van der Waals surface area contributed by atoms with Gasteiger partial charge in [0.1, 0.15) is 18.1 Å². The molecule has 4 rings (SSSR count). The van der Waals surface area contributed by atoms with E-state index in [1.54, 1.807) is 0 Å². The number of benzene rings is 2. The van der Waals surface area contributed by atoms with Gasteiger partial charge in [0, 0.05) is 23.0 Å². The van der Waals surface area contributed by atoms with Crippen LogP contribution in [0.3, 0.4) is 0 Å². The van der Waals surface area contributed by atoms with E-state index in [1.807, 2.05) is 12.1 Å². The van der Waals surface area contributed by atoms with Crippen LogP contribution in [0.15, 0.2) is 41.6 Å². The third kappa shape index (κ3) is 1.28. The number of aryl methyl sites for hydroxylation is 1. The highest BCUT2D eigenvalue weighted by atomic mass is 16.5. The molecule has 0 saturated carbocycles. The van der Waals surface area contributed by atoms with Crippen molar-refractivity contribution in [3.8, 4) is 5.75 Å². The van der Waals surface area contributed by atoms with E-state index in [4.69, 9.17) is 9.94 Å². The van der Waals surface area contributed by atoms with Crippen molar-refractivity contribution in [2.24, 2.45) is 5.16 Å². The summed E-state index contributed by atoms with van der Waals surface area (Å²) in [5, 5.41) is 14.7. The number of hydrogen-bond acceptors (Lipinski definition) is 3. The molecule has 1 aliphatic rings. The van der Waals surface area contributed by atoms with Crippen molar-refractivity contribution < 1.29 is 9.94 Å². The highest BCUT2D eigenvalue weighted by Crippen LogP contribution is 2.40. The molecule has 1 aromatic heterocycles. The number of hydrogen-bond donors (Lipinski definition) is 1. The molecule has 3 aromatic rings. The van der Waals surface area contributed by atoms with Crippen LogP contribution < -0.4 is 4.74 Å². The summed E-state index contributed by atoms with van der Waals surface area (Å²) in [5.74, 6) is 0.832. The van der Waals surface area contributed by atoms with Crippen LogP contribution >= 0.6 is 0 Å². The minimum atomic E-state index is 0.330. The average Bonchev–Trinajstić information content (AvgIpc) is 3.04. The predicted molar refractivity (Wildman–Crippen MR) is 78.9 cm³/mol. The molecule has 1 N–H and O–H groups in total. The highest BCUT2D eigenvalue weighted by Gasteiger charge is 2.25. The van der Waals surface area contributed by atoms with Crippen LogP contribution in [-0.2, 0) is 6.54 Å². The molecule has 20 heavy (non-hydrogen) atoms. The van der Waals surface area contributed by atoms with Crippen LogP contribution in [0.25, 0.3) is 21.8 Å². The molecule has 0 atom stereocenters. The van der Waals surface area contributed by atoms with Crippen LogP contribution in [0, 0.1) is 0 Å². The summed E-state index contributed by atoms with van der Waals surface area (Å²) in [6, 6.07) is 12.4. The summed E-state index contributed by atoms with van der Waals surface area (Å²) < 4.78 is 8.06. The van der Waals surface area contributed by atoms with Crippen molar-refractivity contribution in [1.82, 2.24) is 4.57 Å². The van der Waals surface area contributed by atoms with Crippen LogP contribution in [0.2, 0.25) is 0 Å². The topological polar surface area (TPSA) is 46.8 Å². The molecule has 0 aliphatic carbocycles. The first-order valence-electron chi connectivity index (χ1n) is 6.73. The predicted octanol–water partition coefficient (Wildman–Crippen LogP) is 3.39. The van der Waals surface area contributed by atoms with Crippen molar-refractivity contribution in [2.75, 3.05) is 6.61 Å². The lowest BCUT2D eigenvalue weighted by molar-refractivity contribution is 0.313. The Balaban J connectivity index is 2.22. The third-order valence-electron chi connectivity index (χ3n) is 3.99. The molecule has 0 amide bonds. The molecule has 0 saturated heterocycles. The minimum absolute atomic E-state index is 0.330. The zero-order chi connectivity index (χ0) is 13.7. The zero-order valence-electron chi connectivity index (χ0n) is 11.1. The van der Waals surface area contributed by atoms with Crippen LogP contribution in [0.4, 0.5) is 0 Å². The smallest absolute Gasteiger partial charge is 0.139 e. The van der Waals surface area contributed by atoms with E-state index in [0.29, 0.717) is 12.3 Å². The molecule has 100 valence electrons. The van der Waals surface area contributed by atoms with Gasteiger partial charge in [-0.3, -0.25) is 0 Å². The van der Waals surface area contributed by atoms with Gasteiger partial charge in [-0.2, -0.15) is 0 Å². The number of oxime groups is 1. The second-order valence-corrected chi connectivity index (χ2v) is 4.93. The van der Waals surface area contributed by atoms with Crippen LogP contribution in [-0.4, -0.2) is 22.1 Å². The molecule has 1 aliphatic heterocycles. The first-order chi connectivity index (χ1) is 9.85. The van der Waals surface area contributed by atoms with E-state index in [9.17, 15) is 0 Å². The maximum Gasteiger partial charge on any atom is 0.139 e. The van der Waals surface area contributed by atoms with E-state index in [2.05, 4.69) is 40.9 Å². The fourth-order valence-electron chi connectivity index (χ4n) is 3.13. The van der Waals surface area contributed by atoms with Gasteiger partial charge in [-0.1, -0.05) is 23.4 Å². The Morgan fingerprint density at radius 3 is 2.85 bits per heavy atom. The molecule has 0 radical (unpaired) electrons. The van der Waals surface area contributed by atoms with E-state index < -0.39 is 0 Å². The van der Waals surface area contributed by atoms with Gasteiger partial charge >= 0.3 is 0 Å². The molecular weight excluding hydrogens is 252 g/mol. The molecule has 4 nitrogen and oxygen atoms in total. The van der Waals surface area contributed by atoms with E-state index in [0.717, 1.165) is 28.8 Å². The van der Waals surface area contributed by atoms with Crippen molar-refractivity contribution in [1.29, 1.82) is 0 Å². The van der Waals surface area contributed by atoms with E-state index in [1.165, 1.54) is 10.9 Å². The van der Waals surface area contributed by atoms with Gasteiger partial charge in [0.15, 0.2) is 0 Å². The van der Waals surface area contributed by atoms with Gasteiger partial charge in [0.2, 0.25) is 0 Å². The molecule has 0 fully saturated rings. The number of nitrogens with zero attached hydrogens (tertiary/aromatic N) is 2. The minimum Gasteiger partial charge on any atom is -0.486 e. The van der Waals surface area contributed by atoms with Crippen molar-refractivity contribution in [3.05, 3.63) is 42.0 Å². The third-order valence-corrected chi connectivity index (χ3v) is 3.99. The molecule has 4 heteroatoms. The summed E-state index contributed by atoms with van der Waals surface area (Å²) in [5.41, 5.74) is 3.84. The standard InChI is InChI=1S/C16H14N2O2/c1-2-18-13-6-4-3-5-11(13)15-14(18)8-7-10-12(17-19)9-20-16(10)15/h3-8,19H,2,9H2,1H3/b17-12+. The van der Waals surface area contributed by atoms with Gasteiger partial charge in [0.25, 0.3) is 0 Å². The molecule has 2 aromatic carbocycles. The second kappa shape index (κ2) is 4.00. The summed E-state index contributed by atoms with van der Waals surface area (Å²) in [6.45, 7) is 3.38. The Morgan fingerprint density at radius 1 is 1.20 bits per heavy atom.